The Morgan fingerprint density at radius 2 is 2.08 bits per heavy atom. The summed E-state index contributed by atoms with van der Waals surface area (Å²) >= 11 is 1.08. The van der Waals surface area contributed by atoms with Crippen LogP contribution in [0.2, 0.25) is 0 Å². The van der Waals surface area contributed by atoms with Gasteiger partial charge in [-0.25, -0.2) is 14.4 Å². The molecule has 3 aromatic heterocycles. The van der Waals surface area contributed by atoms with Gasteiger partial charge in [0, 0.05) is 40.4 Å². The first-order valence-corrected chi connectivity index (χ1v) is 14.0. The molecule has 6 rings (SSSR count). The van der Waals surface area contributed by atoms with E-state index in [-0.39, 0.29) is 10.6 Å². The molecule has 0 saturated carbocycles. The zero-order valence-electron chi connectivity index (χ0n) is 21.0. The highest BCUT2D eigenvalue weighted by Crippen LogP contribution is 2.44. The van der Waals surface area contributed by atoms with Crippen LogP contribution in [0.5, 0.6) is 0 Å². The van der Waals surface area contributed by atoms with E-state index in [2.05, 4.69) is 46.0 Å². The lowest BCUT2D eigenvalue weighted by molar-refractivity contribution is 0.135. The molecule has 0 aliphatic carbocycles. The Morgan fingerprint density at radius 1 is 1.30 bits per heavy atom. The normalized spacial score (nSPS) is 19.0. The van der Waals surface area contributed by atoms with E-state index in [4.69, 9.17) is 20.4 Å². The Hall–Kier alpha value is -2.92. The largest absolute Gasteiger partial charge is 0.389 e. The van der Waals surface area contributed by atoms with Gasteiger partial charge in [0.15, 0.2) is 5.82 Å². The maximum Gasteiger partial charge on any atom is 0.226 e. The fourth-order valence-electron chi connectivity index (χ4n) is 5.90. The minimum absolute atomic E-state index is 0.255. The number of hydrogen-bond acceptors (Lipinski definition) is 8. The number of anilines is 2. The molecule has 5 heterocycles. The van der Waals surface area contributed by atoms with Crippen molar-refractivity contribution in [1.29, 1.82) is 5.26 Å². The van der Waals surface area contributed by atoms with E-state index in [0.717, 1.165) is 69.6 Å². The number of thiophene rings is 1. The summed E-state index contributed by atoms with van der Waals surface area (Å²) in [6, 6.07) is 2.59. The van der Waals surface area contributed by atoms with Crippen LogP contribution in [0.1, 0.15) is 50.3 Å². The summed E-state index contributed by atoms with van der Waals surface area (Å²) in [5.74, 6) is 1.48. The molecule has 0 spiro atoms. The SMILES string of the molecule is CCCC1C(C(C)C)CN1c1ncc2c3c(c(-c4ncc(F)c5sc(N)c(C#N)c45)c(P)c2n1)COC3. The van der Waals surface area contributed by atoms with Crippen LogP contribution >= 0.6 is 20.6 Å². The Balaban J connectivity index is 1.58. The Labute approximate surface area is 221 Å². The molecule has 2 aliphatic heterocycles. The van der Waals surface area contributed by atoms with Crippen molar-refractivity contribution in [2.24, 2.45) is 11.8 Å². The van der Waals surface area contributed by atoms with E-state index in [1.54, 1.807) is 0 Å². The second-order valence-electron chi connectivity index (χ2n) is 10.2. The highest BCUT2D eigenvalue weighted by Gasteiger charge is 2.41. The summed E-state index contributed by atoms with van der Waals surface area (Å²) in [5, 5.41) is 12.3. The van der Waals surface area contributed by atoms with Crippen LogP contribution in [-0.2, 0) is 18.0 Å². The van der Waals surface area contributed by atoms with Crippen LogP contribution in [-0.4, -0.2) is 27.5 Å². The highest BCUT2D eigenvalue weighted by molar-refractivity contribution is 7.29. The minimum Gasteiger partial charge on any atom is -0.389 e. The van der Waals surface area contributed by atoms with E-state index >= 15 is 0 Å². The first-order valence-electron chi connectivity index (χ1n) is 12.6. The lowest BCUT2D eigenvalue weighted by Gasteiger charge is -2.50. The maximum absolute atomic E-state index is 14.7. The van der Waals surface area contributed by atoms with Crippen LogP contribution in [0.3, 0.4) is 0 Å². The molecule has 0 radical (unpaired) electrons. The number of nitrogen functional groups attached to an aromatic ring is 1. The van der Waals surface area contributed by atoms with Crippen LogP contribution in [0.4, 0.5) is 15.3 Å². The van der Waals surface area contributed by atoms with Gasteiger partial charge in [-0.05, 0) is 29.4 Å². The summed E-state index contributed by atoms with van der Waals surface area (Å²) < 4.78 is 20.9. The number of nitrogens with two attached hydrogens (primary N) is 1. The number of rotatable bonds is 5. The zero-order chi connectivity index (χ0) is 26.0. The molecule has 4 aromatic rings. The van der Waals surface area contributed by atoms with Crippen molar-refractivity contribution in [3.05, 3.63) is 34.9 Å². The number of pyridine rings is 1. The summed E-state index contributed by atoms with van der Waals surface area (Å²) in [4.78, 5) is 16.7. The Kier molecular flexibility index (Phi) is 6.02. The van der Waals surface area contributed by atoms with Crippen molar-refractivity contribution in [2.75, 3.05) is 17.2 Å². The van der Waals surface area contributed by atoms with Crippen molar-refractivity contribution in [1.82, 2.24) is 15.0 Å². The van der Waals surface area contributed by atoms with Gasteiger partial charge in [0.05, 0.1) is 40.9 Å². The van der Waals surface area contributed by atoms with Gasteiger partial charge in [0.2, 0.25) is 5.95 Å². The van der Waals surface area contributed by atoms with Crippen molar-refractivity contribution < 1.29 is 9.13 Å². The summed E-state index contributed by atoms with van der Waals surface area (Å²) in [5.41, 5.74) is 10.5. The van der Waals surface area contributed by atoms with E-state index in [0.29, 0.717) is 46.9 Å². The number of ether oxygens (including phenoxy) is 1. The van der Waals surface area contributed by atoms with Gasteiger partial charge in [-0.3, -0.25) is 4.98 Å². The minimum atomic E-state index is -0.486. The maximum atomic E-state index is 14.7. The molecule has 1 aromatic carbocycles. The molecule has 190 valence electrons. The van der Waals surface area contributed by atoms with Gasteiger partial charge in [0.1, 0.15) is 11.1 Å². The molecular formula is C27H28FN6OPS. The predicted molar refractivity (Wildman–Crippen MR) is 149 cm³/mol. The molecule has 3 unspecified atom stereocenters. The van der Waals surface area contributed by atoms with Crippen molar-refractivity contribution >= 4 is 57.8 Å². The molecule has 37 heavy (non-hydrogen) atoms. The molecule has 0 bridgehead atoms. The fraction of sp³-hybridized carbons (Fsp3) is 0.407. The number of halogens is 1. The van der Waals surface area contributed by atoms with Crippen LogP contribution < -0.4 is 15.9 Å². The average molecular weight is 535 g/mol. The molecule has 2 N–H and O–H groups in total. The Morgan fingerprint density at radius 3 is 2.81 bits per heavy atom. The summed E-state index contributed by atoms with van der Waals surface area (Å²) in [6.45, 7) is 8.56. The van der Waals surface area contributed by atoms with Crippen molar-refractivity contribution in [3.8, 4) is 17.3 Å². The van der Waals surface area contributed by atoms with Gasteiger partial charge in [-0.2, -0.15) is 5.26 Å². The van der Waals surface area contributed by atoms with E-state index in [1.807, 2.05) is 6.20 Å². The number of fused-ring (bicyclic) bond motifs is 4. The second-order valence-corrected chi connectivity index (χ2v) is 11.8. The number of benzene rings is 1. The highest BCUT2D eigenvalue weighted by atomic mass is 32.1. The standard InChI is InChI=1S/C27H28FN6OPS/c1-4-5-19-15(12(2)3)9-34(19)27-32-7-14-16-10-35-11-17(16)20(24(36)22(14)33-27)23-21-13(6-29)26(30)37-25(21)18(28)8-31-23/h7-8,12,15,19H,4-5,9-11,30,36H2,1-3H3. The molecule has 1 saturated heterocycles. The molecule has 1 fully saturated rings. The Bertz CT molecular complexity index is 1610. The fourth-order valence-corrected chi connectivity index (χ4v) is 7.35. The van der Waals surface area contributed by atoms with Crippen molar-refractivity contribution in [2.45, 2.75) is 52.9 Å². The lowest BCUT2D eigenvalue weighted by atomic mass is 9.78. The number of nitrogens with zero attached hydrogens (tertiary/aromatic N) is 5. The van der Waals surface area contributed by atoms with Gasteiger partial charge < -0.3 is 15.4 Å². The van der Waals surface area contributed by atoms with Crippen LogP contribution in [0.15, 0.2) is 12.4 Å². The van der Waals surface area contributed by atoms with E-state index in [9.17, 15) is 9.65 Å². The topological polar surface area (TPSA) is 101 Å². The number of aromatic nitrogens is 3. The first-order chi connectivity index (χ1) is 17.8. The predicted octanol–water partition coefficient (Wildman–Crippen LogP) is 5.29. The van der Waals surface area contributed by atoms with Gasteiger partial charge >= 0.3 is 0 Å². The third-order valence-corrected chi connectivity index (χ3v) is 9.42. The van der Waals surface area contributed by atoms with Crippen molar-refractivity contribution in [3.63, 3.8) is 0 Å². The zero-order valence-corrected chi connectivity index (χ0v) is 23.0. The summed E-state index contributed by atoms with van der Waals surface area (Å²) in [7, 11) is 2.82. The quantitative estimate of drug-likeness (QED) is 0.347. The third kappa shape index (κ3) is 3.61. The third-order valence-electron chi connectivity index (χ3n) is 7.83. The molecular weight excluding hydrogens is 506 g/mol. The van der Waals surface area contributed by atoms with Gasteiger partial charge in [-0.1, -0.05) is 27.2 Å². The first kappa shape index (κ1) is 24.4. The van der Waals surface area contributed by atoms with Gasteiger partial charge in [-0.15, -0.1) is 20.6 Å². The van der Waals surface area contributed by atoms with Crippen LogP contribution in [0, 0.1) is 29.0 Å². The van der Waals surface area contributed by atoms with E-state index < -0.39 is 5.82 Å². The monoisotopic (exact) mass is 534 g/mol. The van der Waals surface area contributed by atoms with Gasteiger partial charge in [0.25, 0.3) is 0 Å². The number of nitriles is 1. The van der Waals surface area contributed by atoms with Crippen LogP contribution in [0.25, 0.3) is 32.2 Å². The van der Waals surface area contributed by atoms with E-state index in [1.165, 1.54) is 6.20 Å². The molecule has 7 nitrogen and oxygen atoms in total. The summed E-state index contributed by atoms with van der Waals surface area (Å²) in [6.07, 6.45) is 5.33. The second kappa shape index (κ2) is 9.13. The molecule has 2 aliphatic rings. The smallest absolute Gasteiger partial charge is 0.226 e. The molecule has 10 heteroatoms. The number of hydrogen-bond donors (Lipinski definition) is 1. The molecule has 3 atom stereocenters. The molecule has 0 amide bonds. The average Bonchev–Trinajstić information content (AvgIpc) is 3.48. The lowest BCUT2D eigenvalue weighted by Crippen LogP contribution is -2.58.